The van der Waals surface area contributed by atoms with E-state index in [1.54, 1.807) is 12.2 Å². The number of amides is 3. The highest BCUT2D eigenvalue weighted by molar-refractivity contribution is 8.16. The molecule has 0 radical (unpaired) electrons. The zero-order valence-electron chi connectivity index (χ0n) is 14.3. The zero-order chi connectivity index (χ0) is 19.5. The Morgan fingerprint density at radius 2 is 1.96 bits per heavy atom. The van der Waals surface area contributed by atoms with Crippen molar-refractivity contribution in [2.24, 2.45) is 5.10 Å². The van der Waals surface area contributed by atoms with Gasteiger partial charge in [0.2, 0.25) is 16.7 Å². The number of carbonyl (C=O) groups excluding carboxylic acids is 3. The van der Waals surface area contributed by atoms with Gasteiger partial charge in [-0.15, -0.1) is 0 Å². The van der Waals surface area contributed by atoms with Crippen LogP contribution in [0.1, 0.15) is 25.8 Å². The molecule has 3 amide bonds. The van der Waals surface area contributed by atoms with Gasteiger partial charge in [0, 0.05) is 37.1 Å². The third kappa shape index (κ3) is 2.31. The number of thioether (sulfide) groups is 1. The number of hydrazone groups is 1. The first kappa shape index (κ1) is 17.6. The molecule has 0 saturated heterocycles. The van der Waals surface area contributed by atoms with Gasteiger partial charge in [-0.1, -0.05) is 23.9 Å². The van der Waals surface area contributed by atoms with Gasteiger partial charge in [0.25, 0.3) is 5.91 Å². The quantitative estimate of drug-likeness (QED) is 0.740. The number of halogens is 2. The van der Waals surface area contributed by atoms with Gasteiger partial charge in [-0.05, 0) is 18.2 Å². The molecule has 1 unspecified atom stereocenters. The second kappa shape index (κ2) is 5.85. The highest BCUT2D eigenvalue weighted by Crippen LogP contribution is 2.53. The van der Waals surface area contributed by atoms with Crippen LogP contribution in [-0.2, 0) is 14.4 Å². The summed E-state index contributed by atoms with van der Waals surface area (Å²) in [6, 6.07) is 2.88. The van der Waals surface area contributed by atoms with E-state index in [-0.39, 0.29) is 10.6 Å². The maximum Gasteiger partial charge on any atom is 0.277 e. The number of allylic oxidation sites excluding steroid dienone is 1. The van der Waals surface area contributed by atoms with E-state index in [4.69, 9.17) is 0 Å². The van der Waals surface area contributed by atoms with E-state index < -0.39 is 34.2 Å². The average molecular weight is 389 g/mol. The lowest BCUT2D eigenvalue weighted by Gasteiger charge is -2.30. The summed E-state index contributed by atoms with van der Waals surface area (Å²) < 4.78 is 27.9. The fraction of sp³-hybridized carbons (Fsp3) is 0.222. The molecular weight excluding hydrogens is 376 g/mol. The van der Waals surface area contributed by atoms with Crippen LogP contribution in [0.4, 0.5) is 8.78 Å². The van der Waals surface area contributed by atoms with Crippen molar-refractivity contribution in [1.82, 2.24) is 9.91 Å². The molecule has 0 bridgehead atoms. The van der Waals surface area contributed by atoms with Crippen LogP contribution in [0.25, 0.3) is 0 Å². The van der Waals surface area contributed by atoms with E-state index >= 15 is 0 Å². The number of hydrogen-bond donors (Lipinski definition) is 0. The Morgan fingerprint density at radius 1 is 1.22 bits per heavy atom. The number of carbonyl (C=O) groups is 3. The standard InChI is InChI=1S/C18H13F2N3O3S/c1-9(24)22-15-5-3-4-13(15)18(17(22)26)23(10(2)25)21-16(27-18)12-8-11(19)6-7-14(12)20/h3-4,6-8H,5H2,1-2H3. The third-order valence-corrected chi connectivity index (χ3v) is 5.90. The van der Waals surface area contributed by atoms with E-state index in [0.29, 0.717) is 17.7 Å². The van der Waals surface area contributed by atoms with Gasteiger partial charge in [-0.3, -0.25) is 19.3 Å². The van der Waals surface area contributed by atoms with Gasteiger partial charge in [-0.25, -0.2) is 13.8 Å². The summed E-state index contributed by atoms with van der Waals surface area (Å²) in [4.78, 5) is 36.9. The molecule has 4 rings (SSSR count). The van der Waals surface area contributed by atoms with Gasteiger partial charge in [0.05, 0.1) is 0 Å². The Kier molecular flexibility index (Phi) is 3.81. The van der Waals surface area contributed by atoms with Crippen LogP contribution in [0.2, 0.25) is 0 Å². The van der Waals surface area contributed by atoms with E-state index in [1.807, 2.05) is 0 Å². The van der Waals surface area contributed by atoms with Crippen molar-refractivity contribution in [3.8, 4) is 0 Å². The van der Waals surface area contributed by atoms with Crippen LogP contribution in [0.3, 0.4) is 0 Å². The van der Waals surface area contributed by atoms with Crippen molar-refractivity contribution >= 4 is 34.5 Å². The van der Waals surface area contributed by atoms with Crippen molar-refractivity contribution in [1.29, 1.82) is 0 Å². The molecule has 27 heavy (non-hydrogen) atoms. The summed E-state index contributed by atoms with van der Waals surface area (Å²) in [6.45, 7) is 2.48. The Bertz CT molecular complexity index is 1020. The minimum atomic E-state index is -1.63. The second-order valence-corrected chi connectivity index (χ2v) is 7.41. The van der Waals surface area contributed by atoms with Crippen molar-refractivity contribution < 1.29 is 23.2 Å². The second-order valence-electron chi connectivity index (χ2n) is 6.23. The minimum Gasteiger partial charge on any atom is -0.274 e. The molecular formula is C18H13F2N3O3S. The molecule has 0 aromatic heterocycles. The Balaban J connectivity index is 1.88. The van der Waals surface area contributed by atoms with Crippen LogP contribution in [0.5, 0.6) is 0 Å². The van der Waals surface area contributed by atoms with Crippen molar-refractivity contribution in [2.75, 3.05) is 0 Å². The molecule has 0 saturated carbocycles. The van der Waals surface area contributed by atoms with E-state index in [1.165, 1.54) is 13.8 Å². The largest absolute Gasteiger partial charge is 0.277 e. The first-order valence-electron chi connectivity index (χ1n) is 8.06. The molecule has 0 N–H and O–H groups in total. The monoisotopic (exact) mass is 389 g/mol. The van der Waals surface area contributed by atoms with Gasteiger partial charge in [-0.2, -0.15) is 5.10 Å². The Labute approximate surface area is 157 Å². The maximum absolute atomic E-state index is 14.3. The highest BCUT2D eigenvalue weighted by Gasteiger charge is 2.63. The average Bonchev–Trinajstić information content (AvgIpc) is 3.26. The first-order chi connectivity index (χ1) is 12.8. The lowest BCUT2D eigenvalue weighted by Crippen LogP contribution is -2.52. The van der Waals surface area contributed by atoms with E-state index in [0.717, 1.165) is 39.9 Å². The van der Waals surface area contributed by atoms with E-state index in [2.05, 4.69) is 5.10 Å². The van der Waals surface area contributed by atoms with Crippen LogP contribution in [-0.4, -0.2) is 37.5 Å². The predicted molar refractivity (Wildman–Crippen MR) is 94.0 cm³/mol. The molecule has 2 aliphatic heterocycles. The molecule has 6 nitrogen and oxygen atoms in total. The van der Waals surface area contributed by atoms with Gasteiger partial charge in [0.1, 0.15) is 16.7 Å². The molecule has 1 aliphatic carbocycles. The van der Waals surface area contributed by atoms with Crippen LogP contribution >= 0.6 is 11.8 Å². The van der Waals surface area contributed by atoms with Crippen molar-refractivity contribution in [3.05, 3.63) is 58.8 Å². The summed E-state index contributed by atoms with van der Waals surface area (Å²) in [5.41, 5.74) is 0.780. The summed E-state index contributed by atoms with van der Waals surface area (Å²) in [7, 11) is 0. The first-order valence-corrected chi connectivity index (χ1v) is 8.88. The predicted octanol–water partition coefficient (Wildman–Crippen LogP) is 2.52. The van der Waals surface area contributed by atoms with Crippen LogP contribution < -0.4 is 0 Å². The van der Waals surface area contributed by atoms with Crippen LogP contribution in [0, 0.1) is 11.6 Å². The molecule has 2 heterocycles. The fourth-order valence-corrected chi connectivity index (χ4v) is 4.87. The van der Waals surface area contributed by atoms with E-state index in [9.17, 15) is 23.2 Å². The number of imide groups is 1. The number of hydrogen-bond acceptors (Lipinski definition) is 5. The maximum atomic E-state index is 14.3. The van der Waals surface area contributed by atoms with Gasteiger partial charge in [0.15, 0.2) is 0 Å². The SMILES string of the molecule is CC(=O)N1C(=O)C2(SC(c3cc(F)ccc3F)=NN2C(C)=O)C2=C1CC=C2. The molecule has 1 aromatic carbocycles. The smallest absolute Gasteiger partial charge is 0.274 e. The van der Waals surface area contributed by atoms with Gasteiger partial charge < -0.3 is 0 Å². The van der Waals surface area contributed by atoms with Gasteiger partial charge >= 0.3 is 0 Å². The summed E-state index contributed by atoms with van der Waals surface area (Å²) in [5.74, 6) is -3.08. The van der Waals surface area contributed by atoms with Crippen molar-refractivity contribution in [3.63, 3.8) is 0 Å². The molecule has 1 aromatic rings. The molecule has 1 atom stereocenters. The number of nitrogens with zero attached hydrogens (tertiary/aromatic N) is 3. The summed E-state index contributed by atoms with van der Waals surface area (Å²) in [6.07, 6.45) is 3.80. The van der Waals surface area contributed by atoms with Crippen molar-refractivity contribution in [2.45, 2.75) is 25.1 Å². The number of fused-ring (bicyclic) bond motifs is 1. The molecule has 9 heteroatoms. The lowest BCUT2D eigenvalue weighted by atomic mass is 10.1. The topological polar surface area (TPSA) is 70.1 Å². The minimum absolute atomic E-state index is 0.00639. The molecule has 1 spiro atoms. The summed E-state index contributed by atoms with van der Waals surface area (Å²) in [5, 5.41) is 5.08. The zero-order valence-corrected chi connectivity index (χ0v) is 15.1. The number of benzene rings is 1. The fourth-order valence-electron chi connectivity index (χ4n) is 3.47. The molecule has 138 valence electrons. The normalized spacial score (nSPS) is 23.6. The highest BCUT2D eigenvalue weighted by atomic mass is 32.2. The summed E-state index contributed by atoms with van der Waals surface area (Å²) >= 11 is 0.835. The Hall–Kier alpha value is -2.81. The van der Waals surface area contributed by atoms with Crippen LogP contribution in [0.15, 0.2) is 46.7 Å². The molecule has 3 aliphatic rings. The Morgan fingerprint density at radius 3 is 2.63 bits per heavy atom. The molecule has 0 fully saturated rings. The number of rotatable bonds is 1. The lowest BCUT2D eigenvalue weighted by molar-refractivity contribution is -0.147. The third-order valence-electron chi connectivity index (χ3n) is 4.54.